The Bertz CT molecular complexity index is 857. The number of nitrogens with one attached hydrogen (secondary N) is 1. The number of hydrogen-bond donors (Lipinski definition) is 1. The van der Waals surface area contributed by atoms with Crippen LogP contribution in [0, 0.1) is 5.92 Å². The monoisotopic (exact) mass is 303 g/mol. The molecule has 0 bridgehead atoms. The SMILES string of the molecule is O=C(NCC1CC1)c1nc(-c2ccccc2)nc2ccccc12. The highest BCUT2D eigenvalue weighted by molar-refractivity contribution is 6.04. The van der Waals surface area contributed by atoms with Gasteiger partial charge in [0.15, 0.2) is 5.82 Å². The Labute approximate surface area is 134 Å². The molecule has 4 heteroatoms. The van der Waals surface area contributed by atoms with Crippen molar-refractivity contribution in [3.63, 3.8) is 0 Å². The molecular weight excluding hydrogens is 286 g/mol. The van der Waals surface area contributed by atoms with Crippen LogP contribution in [0.25, 0.3) is 22.3 Å². The Hall–Kier alpha value is -2.75. The second kappa shape index (κ2) is 5.80. The zero-order valence-corrected chi connectivity index (χ0v) is 12.7. The van der Waals surface area contributed by atoms with E-state index < -0.39 is 0 Å². The van der Waals surface area contributed by atoms with Gasteiger partial charge < -0.3 is 5.32 Å². The maximum atomic E-state index is 12.6. The lowest BCUT2D eigenvalue weighted by Gasteiger charge is -2.09. The van der Waals surface area contributed by atoms with Crippen molar-refractivity contribution in [3.8, 4) is 11.4 Å². The van der Waals surface area contributed by atoms with Crippen molar-refractivity contribution in [2.45, 2.75) is 12.8 Å². The van der Waals surface area contributed by atoms with Gasteiger partial charge in [0.1, 0.15) is 5.69 Å². The molecule has 1 heterocycles. The van der Waals surface area contributed by atoms with E-state index in [2.05, 4.69) is 15.3 Å². The number of carbonyl (C=O) groups is 1. The first kappa shape index (κ1) is 13.9. The van der Waals surface area contributed by atoms with E-state index in [-0.39, 0.29) is 5.91 Å². The van der Waals surface area contributed by atoms with Crippen molar-refractivity contribution in [3.05, 3.63) is 60.3 Å². The fourth-order valence-electron chi connectivity index (χ4n) is 2.61. The van der Waals surface area contributed by atoms with Crippen molar-refractivity contribution in [1.82, 2.24) is 15.3 Å². The molecule has 0 unspecified atom stereocenters. The number of aromatic nitrogens is 2. The molecule has 1 saturated carbocycles. The summed E-state index contributed by atoms with van der Waals surface area (Å²) in [5.41, 5.74) is 2.16. The first-order chi connectivity index (χ1) is 11.3. The molecule has 1 N–H and O–H groups in total. The lowest BCUT2D eigenvalue weighted by molar-refractivity contribution is 0.0948. The summed E-state index contributed by atoms with van der Waals surface area (Å²) in [6, 6.07) is 17.4. The Balaban J connectivity index is 1.78. The van der Waals surface area contributed by atoms with Gasteiger partial charge in [0, 0.05) is 17.5 Å². The van der Waals surface area contributed by atoms with Gasteiger partial charge in [-0.3, -0.25) is 4.79 Å². The van der Waals surface area contributed by atoms with Crippen LogP contribution in [0.1, 0.15) is 23.3 Å². The first-order valence-corrected chi connectivity index (χ1v) is 7.91. The Kier molecular flexibility index (Phi) is 3.50. The lowest BCUT2D eigenvalue weighted by Crippen LogP contribution is -2.27. The van der Waals surface area contributed by atoms with Gasteiger partial charge in [0.2, 0.25) is 0 Å². The van der Waals surface area contributed by atoms with E-state index >= 15 is 0 Å². The highest BCUT2D eigenvalue weighted by Gasteiger charge is 2.23. The molecule has 0 spiro atoms. The van der Waals surface area contributed by atoms with Crippen LogP contribution in [0.2, 0.25) is 0 Å². The highest BCUT2D eigenvalue weighted by Crippen LogP contribution is 2.28. The third-order valence-electron chi connectivity index (χ3n) is 4.10. The predicted molar refractivity (Wildman–Crippen MR) is 90.0 cm³/mol. The van der Waals surface area contributed by atoms with E-state index in [0.29, 0.717) is 17.4 Å². The highest BCUT2D eigenvalue weighted by atomic mass is 16.1. The van der Waals surface area contributed by atoms with E-state index in [9.17, 15) is 4.79 Å². The summed E-state index contributed by atoms with van der Waals surface area (Å²) in [6.07, 6.45) is 2.42. The summed E-state index contributed by atoms with van der Waals surface area (Å²) in [4.78, 5) is 21.7. The fourth-order valence-corrected chi connectivity index (χ4v) is 2.61. The largest absolute Gasteiger partial charge is 0.350 e. The summed E-state index contributed by atoms with van der Waals surface area (Å²) in [5.74, 6) is 1.11. The lowest BCUT2D eigenvalue weighted by atomic mass is 10.1. The van der Waals surface area contributed by atoms with Crippen molar-refractivity contribution in [2.75, 3.05) is 6.54 Å². The molecule has 4 rings (SSSR count). The number of rotatable bonds is 4. The van der Waals surface area contributed by atoms with Gasteiger partial charge >= 0.3 is 0 Å². The van der Waals surface area contributed by atoms with Crippen molar-refractivity contribution >= 4 is 16.8 Å². The second-order valence-electron chi connectivity index (χ2n) is 5.93. The standard InChI is InChI=1S/C19H17N3O/c23-19(20-12-13-10-11-13)17-15-8-4-5-9-16(15)21-18(22-17)14-6-2-1-3-7-14/h1-9,13H,10-12H2,(H,20,23). The van der Waals surface area contributed by atoms with E-state index in [4.69, 9.17) is 0 Å². The maximum Gasteiger partial charge on any atom is 0.270 e. The van der Waals surface area contributed by atoms with Crippen LogP contribution in [0.15, 0.2) is 54.6 Å². The predicted octanol–water partition coefficient (Wildman–Crippen LogP) is 3.44. The molecule has 3 aromatic rings. The zero-order valence-electron chi connectivity index (χ0n) is 12.7. The normalized spacial score (nSPS) is 13.9. The first-order valence-electron chi connectivity index (χ1n) is 7.91. The van der Waals surface area contributed by atoms with Crippen LogP contribution in [0.5, 0.6) is 0 Å². The Morgan fingerprint density at radius 2 is 1.74 bits per heavy atom. The molecule has 1 fully saturated rings. The van der Waals surface area contributed by atoms with Crippen LogP contribution >= 0.6 is 0 Å². The quantitative estimate of drug-likeness (QED) is 0.803. The molecular formula is C19H17N3O. The molecule has 0 radical (unpaired) electrons. The third-order valence-corrected chi connectivity index (χ3v) is 4.10. The minimum Gasteiger partial charge on any atom is -0.350 e. The number of nitrogens with zero attached hydrogens (tertiary/aromatic N) is 2. The molecule has 23 heavy (non-hydrogen) atoms. The second-order valence-corrected chi connectivity index (χ2v) is 5.93. The number of hydrogen-bond acceptors (Lipinski definition) is 3. The molecule has 1 aliphatic carbocycles. The van der Waals surface area contributed by atoms with Gasteiger partial charge in [-0.2, -0.15) is 0 Å². The van der Waals surface area contributed by atoms with Crippen LogP contribution in [-0.2, 0) is 0 Å². The molecule has 1 aliphatic rings. The third kappa shape index (κ3) is 2.93. The van der Waals surface area contributed by atoms with E-state index in [1.54, 1.807) is 0 Å². The molecule has 0 saturated heterocycles. The molecule has 114 valence electrons. The summed E-state index contributed by atoms with van der Waals surface area (Å²) >= 11 is 0. The topological polar surface area (TPSA) is 54.9 Å². The van der Waals surface area contributed by atoms with Crippen LogP contribution < -0.4 is 5.32 Å². The van der Waals surface area contributed by atoms with Gasteiger partial charge in [-0.05, 0) is 24.8 Å². The van der Waals surface area contributed by atoms with Gasteiger partial charge in [0.25, 0.3) is 5.91 Å². The molecule has 4 nitrogen and oxygen atoms in total. The number of benzene rings is 2. The molecule has 1 amide bonds. The summed E-state index contributed by atoms with van der Waals surface area (Å²) < 4.78 is 0. The fraction of sp³-hybridized carbons (Fsp3) is 0.211. The molecule has 0 atom stereocenters. The zero-order chi connectivity index (χ0) is 15.6. The van der Waals surface area contributed by atoms with Gasteiger partial charge in [0.05, 0.1) is 5.52 Å². The molecule has 2 aromatic carbocycles. The van der Waals surface area contributed by atoms with Gasteiger partial charge in [-0.15, -0.1) is 0 Å². The average molecular weight is 303 g/mol. The van der Waals surface area contributed by atoms with Gasteiger partial charge in [-0.1, -0.05) is 48.5 Å². The molecule has 1 aromatic heterocycles. The van der Waals surface area contributed by atoms with Crippen molar-refractivity contribution in [2.24, 2.45) is 5.92 Å². The van der Waals surface area contributed by atoms with Crippen molar-refractivity contribution in [1.29, 1.82) is 0 Å². The summed E-state index contributed by atoms with van der Waals surface area (Å²) in [6.45, 7) is 0.734. The number of fused-ring (bicyclic) bond motifs is 1. The van der Waals surface area contributed by atoms with Crippen LogP contribution in [0.3, 0.4) is 0 Å². The van der Waals surface area contributed by atoms with E-state index in [1.807, 2.05) is 54.6 Å². The minimum atomic E-state index is -0.118. The van der Waals surface area contributed by atoms with Crippen LogP contribution in [0.4, 0.5) is 0 Å². The van der Waals surface area contributed by atoms with E-state index in [1.165, 1.54) is 12.8 Å². The smallest absolute Gasteiger partial charge is 0.270 e. The van der Waals surface area contributed by atoms with E-state index in [0.717, 1.165) is 23.0 Å². The number of para-hydroxylation sites is 1. The van der Waals surface area contributed by atoms with Crippen LogP contribution in [-0.4, -0.2) is 22.4 Å². The molecule has 0 aliphatic heterocycles. The van der Waals surface area contributed by atoms with Crippen molar-refractivity contribution < 1.29 is 4.79 Å². The Morgan fingerprint density at radius 1 is 1.00 bits per heavy atom. The summed E-state index contributed by atoms with van der Waals surface area (Å²) in [7, 11) is 0. The Morgan fingerprint density at radius 3 is 2.52 bits per heavy atom. The number of amides is 1. The summed E-state index contributed by atoms with van der Waals surface area (Å²) in [5, 5.41) is 3.79. The minimum absolute atomic E-state index is 0.118. The maximum absolute atomic E-state index is 12.6. The average Bonchev–Trinajstić information content (AvgIpc) is 3.44. The number of carbonyl (C=O) groups excluding carboxylic acids is 1. The van der Waals surface area contributed by atoms with Gasteiger partial charge in [-0.25, -0.2) is 9.97 Å².